The summed E-state index contributed by atoms with van der Waals surface area (Å²) in [6.07, 6.45) is 5.60. The fourth-order valence-corrected chi connectivity index (χ4v) is 6.02. The van der Waals surface area contributed by atoms with Crippen LogP contribution in [0.25, 0.3) is 0 Å². The zero-order chi connectivity index (χ0) is 27.9. The summed E-state index contributed by atoms with van der Waals surface area (Å²) in [6.45, 7) is 4.94. The van der Waals surface area contributed by atoms with E-state index in [1.54, 1.807) is 22.9 Å². The second-order valence-electron chi connectivity index (χ2n) is 9.21. The number of rotatable bonds is 10. The smallest absolute Gasteiger partial charge is 0.263 e. The lowest BCUT2D eigenvalue weighted by Gasteiger charge is -2.17. The molecule has 204 valence electrons. The van der Waals surface area contributed by atoms with Gasteiger partial charge < -0.3 is 19.6 Å². The van der Waals surface area contributed by atoms with Gasteiger partial charge in [-0.3, -0.25) is 14.6 Å². The van der Waals surface area contributed by atoms with Crippen LogP contribution in [0.15, 0.2) is 96.5 Å². The molecule has 1 N–H and O–H groups in total. The fourth-order valence-electron chi connectivity index (χ4n) is 4.71. The largest absolute Gasteiger partial charge is 0.385 e. The molecule has 40 heavy (non-hydrogen) atoms. The Labute approximate surface area is 238 Å². The molecule has 0 bridgehead atoms. The molecule has 1 atom stereocenters. The summed E-state index contributed by atoms with van der Waals surface area (Å²) >= 11 is 1.77. The lowest BCUT2D eigenvalue weighted by molar-refractivity contribution is -0.135. The quantitative estimate of drug-likeness (QED) is 0.205. The highest BCUT2D eigenvalue weighted by atomic mass is 32.2. The Hall–Kier alpha value is -4.37. The number of nitrogens with zero attached hydrogens (tertiary/aromatic N) is 4. The zero-order valence-electron chi connectivity index (χ0n) is 22.5. The van der Waals surface area contributed by atoms with E-state index in [1.807, 2.05) is 93.0 Å². The van der Waals surface area contributed by atoms with E-state index in [1.165, 1.54) is 0 Å². The molecule has 0 aliphatic carbocycles. The first-order valence-corrected chi connectivity index (χ1v) is 14.3. The number of carbonyl (C=O) groups excluding carboxylic acids is 2. The summed E-state index contributed by atoms with van der Waals surface area (Å²) in [7, 11) is 0. The number of hydrogen-bond acceptors (Lipinski definition) is 6. The molecule has 8 nitrogen and oxygen atoms in total. The Bertz CT molecular complexity index is 1500. The molecule has 2 amide bonds. The Morgan fingerprint density at radius 1 is 1.05 bits per heavy atom. The minimum absolute atomic E-state index is 0.104. The summed E-state index contributed by atoms with van der Waals surface area (Å²) in [4.78, 5) is 37.2. The number of pyridine rings is 1. The van der Waals surface area contributed by atoms with E-state index in [0.717, 1.165) is 28.1 Å². The molecule has 1 unspecified atom stereocenters. The molecule has 0 radical (unpaired) electrons. The minimum atomic E-state index is -0.169. The highest BCUT2D eigenvalue weighted by Crippen LogP contribution is 2.42. The molecule has 0 spiro atoms. The maximum Gasteiger partial charge on any atom is 0.263 e. The molecule has 5 rings (SSSR count). The molecule has 0 fully saturated rings. The van der Waals surface area contributed by atoms with E-state index >= 15 is 0 Å². The minimum Gasteiger partial charge on any atom is -0.385 e. The maximum atomic E-state index is 13.4. The van der Waals surface area contributed by atoms with Crippen molar-refractivity contribution in [2.75, 3.05) is 25.0 Å². The van der Waals surface area contributed by atoms with Gasteiger partial charge in [0.05, 0.1) is 5.56 Å². The molecule has 3 heterocycles. The predicted octanol–water partition coefficient (Wildman–Crippen LogP) is 5.57. The molecule has 1 aliphatic heterocycles. The van der Waals surface area contributed by atoms with Gasteiger partial charge in [-0.1, -0.05) is 53.7 Å². The Balaban J connectivity index is 1.35. The van der Waals surface area contributed by atoms with Gasteiger partial charge in [0.15, 0.2) is 6.61 Å². The summed E-state index contributed by atoms with van der Waals surface area (Å²) in [5.41, 5.74) is 5.56. The third kappa shape index (κ3) is 5.94. The van der Waals surface area contributed by atoms with Gasteiger partial charge in [0.25, 0.3) is 11.8 Å². The molecule has 0 saturated heterocycles. The fraction of sp³-hybridized carbons (Fsp3) is 0.226. The second-order valence-corrected chi connectivity index (χ2v) is 10.3. The number of likely N-dealkylation sites (N-methyl/N-ethyl adjacent to an activating group) is 1. The molecule has 4 aromatic rings. The van der Waals surface area contributed by atoms with Crippen LogP contribution in [0.4, 0.5) is 5.69 Å². The van der Waals surface area contributed by atoms with Gasteiger partial charge in [0.1, 0.15) is 11.1 Å². The van der Waals surface area contributed by atoms with Crippen LogP contribution in [0.5, 0.6) is 0 Å². The second kappa shape index (κ2) is 12.7. The van der Waals surface area contributed by atoms with Crippen LogP contribution < -0.4 is 5.32 Å². The van der Waals surface area contributed by atoms with E-state index in [2.05, 4.69) is 26.1 Å². The average molecular weight is 554 g/mol. The summed E-state index contributed by atoms with van der Waals surface area (Å²) < 4.78 is 2.14. The molecular formula is C31H31N5O3S. The van der Waals surface area contributed by atoms with Gasteiger partial charge in [-0.25, -0.2) is 0 Å². The van der Waals surface area contributed by atoms with E-state index in [-0.39, 0.29) is 23.8 Å². The Morgan fingerprint density at radius 2 is 1.85 bits per heavy atom. The van der Waals surface area contributed by atoms with Crippen LogP contribution in [-0.2, 0) is 15.4 Å². The van der Waals surface area contributed by atoms with Crippen molar-refractivity contribution in [1.82, 2.24) is 14.5 Å². The number of nitrogens with one attached hydrogen (secondary N) is 1. The predicted molar refractivity (Wildman–Crippen MR) is 158 cm³/mol. The number of carbonyl (C=O) groups is 2. The van der Waals surface area contributed by atoms with E-state index in [9.17, 15) is 9.59 Å². The van der Waals surface area contributed by atoms with Gasteiger partial charge in [-0.15, -0.1) is 11.8 Å². The monoisotopic (exact) mass is 553 g/mol. The highest BCUT2D eigenvalue weighted by molar-refractivity contribution is 7.99. The van der Waals surface area contributed by atoms with E-state index in [4.69, 9.17) is 4.84 Å². The van der Waals surface area contributed by atoms with Crippen molar-refractivity contribution in [3.05, 3.63) is 119 Å². The van der Waals surface area contributed by atoms with Gasteiger partial charge in [0.2, 0.25) is 0 Å². The first kappa shape index (κ1) is 27.2. The third-order valence-corrected chi connectivity index (χ3v) is 8.03. The number of amides is 2. The van der Waals surface area contributed by atoms with Gasteiger partial charge in [0, 0.05) is 65.5 Å². The topological polar surface area (TPSA) is 88.8 Å². The lowest BCUT2D eigenvalue weighted by atomic mass is 10.0. The lowest BCUT2D eigenvalue weighted by Crippen LogP contribution is -2.33. The zero-order valence-corrected chi connectivity index (χ0v) is 23.3. The van der Waals surface area contributed by atoms with Crippen LogP contribution in [-0.4, -0.2) is 51.7 Å². The number of aromatic nitrogens is 2. The van der Waals surface area contributed by atoms with Crippen molar-refractivity contribution in [3.63, 3.8) is 0 Å². The summed E-state index contributed by atoms with van der Waals surface area (Å²) in [5, 5.41) is 7.51. The van der Waals surface area contributed by atoms with Crippen molar-refractivity contribution in [2.24, 2.45) is 5.16 Å². The average Bonchev–Trinajstić information content (AvgIpc) is 3.60. The Morgan fingerprint density at radius 3 is 2.60 bits per heavy atom. The van der Waals surface area contributed by atoms with Crippen LogP contribution in [0, 0.1) is 0 Å². The van der Waals surface area contributed by atoms with Crippen molar-refractivity contribution >= 4 is 35.0 Å². The van der Waals surface area contributed by atoms with Crippen LogP contribution >= 0.6 is 11.8 Å². The molecular weight excluding hydrogens is 522 g/mol. The van der Waals surface area contributed by atoms with Crippen LogP contribution in [0.2, 0.25) is 0 Å². The molecule has 2 aromatic carbocycles. The van der Waals surface area contributed by atoms with Crippen molar-refractivity contribution in [3.8, 4) is 0 Å². The third-order valence-electron chi connectivity index (χ3n) is 6.77. The number of benzene rings is 2. The SMILES string of the molecule is CCN(CC)C(=O)CO/N=C(/c1ccccc1)c1cccc(NC(=O)c2ccn3c2CSC3c2cccnc2)c1. The normalized spacial score (nSPS) is 14.4. The first-order chi connectivity index (χ1) is 19.6. The summed E-state index contributed by atoms with van der Waals surface area (Å²) in [6, 6.07) is 23.0. The molecule has 9 heteroatoms. The van der Waals surface area contributed by atoms with E-state index in [0.29, 0.717) is 30.1 Å². The van der Waals surface area contributed by atoms with Crippen molar-refractivity contribution in [1.29, 1.82) is 0 Å². The van der Waals surface area contributed by atoms with Gasteiger partial charge in [-0.05, 0) is 38.1 Å². The Kier molecular flexibility index (Phi) is 8.61. The number of oxime groups is 1. The number of hydrogen-bond donors (Lipinski definition) is 1. The van der Waals surface area contributed by atoms with Crippen LogP contribution in [0.3, 0.4) is 0 Å². The van der Waals surface area contributed by atoms with E-state index < -0.39 is 0 Å². The number of thioether (sulfide) groups is 1. The maximum absolute atomic E-state index is 13.4. The van der Waals surface area contributed by atoms with Crippen molar-refractivity contribution in [2.45, 2.75) is 25.0 Å². The molecule has 1 aliphatic rings. The van der Waals surface area contributed by atoms with Crippen molar-refractivity contribution < 1.29 is 14.4 Å². The first-order valence-electron chi connectivity index (χ1n) is 13.2. The standard InChI is InChI=1S/C31H31N5O3S/c1-3-35(4-2)28(37)20-39-34-29(22-10-6-5-7-11-22)23-12-8-14-25(18-23)33-30(38)26-15-17-36-27(26)21-40-31(36)24-13-9-16-32-19-24/h5-19,31H,3-4,20-21H2,1-2H3,(H,33,38)/b34-29-. The molecule has 2 aromatic heterocycles. The summed E-state index contributed by atoms with van der Waals surface area (Å²) in [5.74, 6) is 0.452. The highest BCUT2D eigenvalue weighted by Gasteiger charge is 2.28. The van der Waals surface area contributed by atoms with Gasteiger partial charge in [-0.2, -0.15) is 0 Å². The van der Waals surface area contributed by atoms with Crippen LogP contribution in [0.1, 0.15) is 52.0 Å². The number of anilines is 1. The molecule has 0 saturated carbocycles. The number of fused-ring (bicyclic) bond motifs is 1. The van der Waals surface area contributed by atoms with Gasteiger partial charge >= 0.3 is 0 Å².